The van der Waals surface area contributed by atoms with Crippen molar-refractivity contribution in [2.24, 2.45) is 0 Å². The minimum absolute atomic E-state index is 0.132. The molecule has 0 aliphatic carbocycles. The van der Waals surface area contributed by atoms with E-state index in [1.54, 1.807) is 23.1 Å². The molecule has 1 fully saturated rings. The molecule has 0 aromatic heterocycles. The third kappa shape index (κ3) is 3.31. The maximum Gasteiger partial charge on any atom is 0.261 e. The number of halogens is 1. The second kappa shape index (κ2) is 7.46. The Morgan fingerprint density at radius 2 is 1.54 bits per heavy atom. The van der Waals surface area contributed by atoms with Crippen LogP contribution in [0.4, 0.5) is 15.8 Å². The number of likely N-dealkylation sites (tertiary alicyclic amines) is 1. The summed E-state index contributed by atoms with van der Waals surface area (Å²) in [6, 6.07) is 14.1. The smallest absolute Gasteiger partial charge is 0.261 e. The number of rotatable bonds is 4. The molecule has 0 atom stereocenters. The summed E-state index contributed by atoms with van der Waals surface area (Å²) < 4.78 is 14.1. The Bertz CT molecular complexity index is 788. The molecule has 26 heavy (non-hydrogen) atoms. The van der Waals surface area contributed by atoms with Crippen LogP contribution in [0.25, 0.3) is 0 Å². The van der Waals surface area contributed by atoms with E-state index in [0.29, 0.717) is 6.54 Å². The Morgan fingerprint density at radius 3 is 2.31 bits per heavy atom. The molecule has 0 spiro atoms. The zero-order chi connectivity index (χ0) is 17.9. The molecule has 1 saturated heterocycles. The molecule has 4 nitrogen and oxygen atoms in total. The van der Waals surface area contributed by atoms with Crippen molar-refractivity contribution < 1.29 is 9.18 Å². The van der Waals surface area contributed by atoms with E-state index in [4.69, 9.17) is 0 Å². The summed E-state index contributed by atoms with van der Waals surface area (Å²) in [6.45, 7) is 5.73. The van der Waals surface area contributed by atoms with Gasteiger partial charge < -0.3 is 14.7 Å². The van der Waals surface area contributed by atoms with Crippen molar-refractivity contribution in [1.82, 2.24) is 4.90 Å². The summed E-state index contributed by atoms with van der Waals surface area (Å²) >= 11 is 0. The van der Waals surface area contributed by atoms with Gasteiger partial charge in [-0.15, -0.1) is 0 Å². The first-order valence-corrected chi connectivity index (χ1v) is 9.37. The van der Waals surface area contributed by atoms with Gasteiger partial charge in [-0.3, -0.25) is 4.79 Å². The number of anilines is 2. The van der Waals surface area contributed by atoms with E-state index in [1.165, 1.54) is 32.0 Å². The number of carbonyl (C=O) groups excluding carboxylic acids is 1. The predicted molar refractivity (Wildman–Crippen MR) is 102 cm³/mol. The summed E-state index contributed by atoms with van der Waals surface area (Å²) in [7, 11) is 0. The number of carbonyl (C=O) groups is 1. The van der Waals surface area contributed by atoms with Crippen molar-refractivity contribution in [3.8, 4) is 0 Å². The molecule has 2 aliphatic rings. The van der Waals surface area contributed by atoms with Gasteiger partial charge in [-0.25, -0.2) is 4.39 Å². The van der Waals surface area contributed by atoms with Gasteiger partial charge in [-0.05, 0) is 50.2 Å². The first-order chi connectivity index (χ1) is 12.7. The molecule has 0 bridgehead atoms. The molecular formula is C21H24FN3O. The molecule has 1 amide bonds. The topological polar surface area (TPSA) is 26.8 Å². The van der Waals surface area contributed by atoms with Gasteiger partial charge in [-0.2, -0.15) is 0 Å². The zero-order valence-corrected chi connectivity index (χ0v) is 14.9. The highest BCUT2D eigenvalue weighted by Gasteiger charge is 2.28. The van der Waals surface area contributed by atoms with Crippen LogP contribution in [-0.4, -0.2) is 50.1 Å². The van der Waals surface area contributed by atoms with Crippen LogP contribution in [0.5, 0.6) is 0 Å². The highest BCUT2D eigenvalue weighted by atomic mass is 19.1. The molecule has 0 unspecified atom stereocenters. The fourth-order valence-corrected chi connectivity index (χ4v) is 3.91. The molecule has 136 valence electrons. The Hall–Kier alpha value is -2.40. The summed E-state index contributed by atoms with van der Waals surface area (Å²) in [6.07, 6.45) is 2.59. The minimum atomic E-state index is -0.466. The maximum atomic E-state index is 14.1. The molecule has 4 rings (SSSR count). The molecule has 2 aromatic carbocycles. The molecule has 5 heteroatoms. The second-order valence-corrected chi connectivity index (χ2v) is 6.96. The van der Waals surface area contributed by atoms with Crippen LogP contribution in [-0.2, 0) is 0 Å². The lowest BCUT2D eigenvalue weighted by Gasteiger charge is -2.38. The summed E-state index contributed by atoms with van der Waals surface area (Å²) in [4.78, 5) is 19.5. The van der Waals surface area contributed by atoms with Crippen LogP contribution in [0.1, 0.15) is 23.2 Å². The second-order valence-electron chi connectivity index (χ2n) is 6.96. The third-order valence-corrected chi connectivity index (χ3v) is 5.34. The molecule has 0 saturated carbocycles. The predicted octanol–water partition coefficient (Wildman–Crippen LogP) is 3.39. The van der Waals surface area contributed by atoms with Crippen LogP contribution in [0.3, 0.4) is 0 Å². The van der Waals surface area contributed by atoms with Crippen molar-refractivity contribution in [2.75, 3.05) is 49.1 Å². The van der Waals surface area contributed by atoms with Gasteiger partial charge in [0.2, 0.25) is 0 Å². The SMILES string of the molecule is O=C(c1ccccc1F)N1CCN(CCN2CCCC2)c2ccccc21. The van der Waals surface area contributed by atoms with Crippen molar-refractivity contribution in [2.45, 2.75) is 12.8 Å². The average Bonchev–Trinajstić information content (AvgIpc) is 3.19. The molecular weight excluding hydrogens is 329 g/mol. The first-order valence-electron chi connectivity index (χ1n) is 9.37. The van der Waals surface area contributed by atoms with Crippen molar-refractivity contribution >= 4 is 17.3 Å². The minimum Gasteiger partial charge on any atom is -0.367 e. The van der Waals surface area contributed by atoms with E-state index < -0.39 is 5.82 Å². The number of hydrogen-bond donors (Lipinski definition) is 0. The molecule has 2 aromatic rings. The summed E-state index contributed by atoms with van der Waals surface area (Å²) in [5.41, 5.74) is 2.06. The quantitative estimate of drug-likeness (QED) is 0.843. The van der Waals surface area contributed by atoms with E-state index in [9.17, 15) is 9.18 Å². The van der Waals surface area contributed by atoms with Crippen molar-refractivity contribution in [3.63, 3.8) is 0 Å². The summed E-state index contributed by atoms with van der Waals surface area (Å²) in [5, 5.41) is 0. The lowest BCUT2D eigenvalue weighted by molar-refractivity contribution is 0.0982. The molecule has 2 heterocycles. The van der Waals surface area contributed by atoms with Gasteiger partial charge >= 0.3 is 0 Å². The van der Waals surface area contributed by atoms with Gasteiger partial charge in [0.25, 0.3) is 5.91 Å². The van der Waals surface area contributed by atoms with E-state index in [2.05, 4.69) is 15.9 Å². The van der Waals surface area contributed by atoms with Crippen LogP contribution in [0, 0.1) is 5.82 Å². The number of para-hydroxylation sites is 2. The largest absolute Gasteiger partial charge is 0.367 e. The van der Waals surface area contributed by atoms with Crippen LogP contribution in [0.2, 0.25) is 0 Å². The Morgan fingerprint density at radius 1 is 0.846 bits per heavy atom. The van der Waals surface area contributed by atoms with Crippen LogP contribution in [0.15, 0.2) is 48.5 Å². The standard InChI is InChI=1S/C21H24FN3O/c22-18-8-2-1-7-17(18)21(26)25-16-15-24(14-13-23-11-5-6-12-23)19-9-3-4-10-20(19)25/h1-4,7-10H,5-6,11-16H2. The van der Waals surface area contributed by atoms with Gasteiger partial charge in [0.05, 0.1) is 16.9 Å². The van der Waals surface area contributed by atoms with E-state index >= 15 is 0 Å². The molecule has 2 aliphatic heterocycles. The highest BCUT2D eigenvalue weighted by Crippen LogP contribution is 2.33. The Labute approximate surface area is 153 Å². The third-order valence-electron chi connectivity index (χ3n) is 5.34. The number of nitrogens with zero attached hydrogens (tertiary/aromatic N) is 3. The summed E-state index contributed by atoms with van der Waals surface area (Å²) in [5.74, 6) is -0.735. The van der Waals surface area contributed by atoms with Gasteiger partial charge in [0.15, 0.2) is 0 Å². The van der Waals surface area contributed by atoms with Crippen molar-refractivity contribution in [3.05, 3.63) is 59.9 Å². The normalized spacial score (nSPS) is 17.4. The molecule has 0 radical (unpaired) electrons. The average molecular weight is 353 g/mol. The lowest BCUT2D eigenvalue weighted by Crippen LogP contribution is -2.46. The zero-order valence-electron chi connectivity index (χ0n) is 14.9. The highest BCUT2D eigenvalue weighted by molar-refractivity contribution is 6.08. The van der Waals surface area contributed by atoms with Gasteiger partial charge in [-0.1, -0.05) is 24.3 Å². The van der Waals surface area contributed by atoms with Crippen molar-refractivity contribution in [1.29, 1.82) is 0 Å². The lowest BCUT2D eigenvalue weighted by atomic mass is 10.1. The maximum absolute atomic E-state index is 14.1. The van der Waals surface area contributed by atoms with E-state index in [0.717, 1.165) is 31.0 Å². The van der Waals surface area contributed by atoms with Gasteiger partial charge in [0, 0.05) is 26.2 Å². The number of benzene rings is 2. The first kappa shape index (κ1) is 17.0. The number of amides is 1. The monoisotopic (exact) mass is 353 g/mol. The van der Waals surface area contributed by atoms with Crippen LogP contribution >= 0.6 is 0 Å². The number of fused-ring (bicyclic) bond motifs is 1. The fraction of sp³-hybridized carbons (Fsp3) is 0.381. The molecule has 0 N–H and O–H groups in total. The Balaban J connectivity index is 1.55. The fourth-order valence-electron chi connectivity index (χ4n) is 3.91. The van der Waals surface area contributed by atoms with E-state index in [-0.39, 0.29) is 11.5 Å². The van der Waals surface area contributed by atoms with E-state index in [1.807, 2.05) is 18.2 Å². The number of hydrogen-bond acceptors (Lipinski definition) is 3. The van der Waals surface area contributed by atoms with Crippen LogP contribution < -0.4 is 9.80 Å². The Kier molecular flexibility index (Phi) is 4.89. The van der Waals surface area contributed by atoms with Gasteiger partial charge in [0.1, 0.15) is 5.82 Å².